The van der Waals surface area contributed by atoms with Gasteiger partial charge in [-0.2, -0.15) is 4.98 Å². The molecule has 3 aromatic heterocycles. The van der Waals surface area contributed by atoms with Gasteiger partial charge in [0, 0.05) is 24.8 Å². The molecule has 4 aromatic rings. The Bertz CT molecular complexity index is 1380. The molecule has 30 heavy (non-hydrogen) atoms. The summed E-state index contributed by atoms with van der Waals surface area (Å²) in [5, 5.41) is 16.2. The van der Waals surface area contributed by atoms with Crippen LogP contribution in [-0.4, -0.2) is 35.9 Å². The first-order valence-corrected chi connectivity index (χ1v) is 10.9. The van der Waals surface area contributed by atoms with E-state index in [1.165, 1.54) is 13.8 Å². The van der Waals surface area contributed by atoms with Crippen molar-refractivity contribution < 1.29 is 5.11 Å². The van der Waals surface area contributed by atoms with Crippen LogP contribution < -0.4 is 16.6 Å². The number of aliphatic hydroxyl groups is 1. The summed E-state index contributed by atoms with van der Waals surface area (Å²) in [7, 11) is 3.41. The third kappa shape index (κ3) is 3.05. The van der Waals surface area contributed by atoms with Gasteiger partial charge in [-0.15, -0.1) is 11.3 Å². The van der Waals surface area contributed by atoms with Gasteiger partial charge in [0.05, 0.1) is 12.6 Å². The molecule has 0 radical (unpaired) electrons. The van der Waals surface area contributed by atoms with E-state index in [1.807, 2.05) is 29.6 Å². The Morgan fingerprint density at radius 2 is 2.03 bits per heavy atom. The zero-order valence-corrected chi connectivity index (χ0v) is 17.6. The predicted molar refractivity (Wildman–Crippen MR) is 118 cm³/mol. The molecule has 1 saturated carbocycles. The lowest BCUT2D eigenvalue weighted by Crippen LogP contribution is -2.39. The lowest BCUT2D eigenvalue weighted by molar-refractivity contribution is 0.182. The minimum atomic E-state index is -0.390. The van der Waals surface area contributed by atoms with E-state index in [1.54, 1.807) is 30.0 Å². The first-order chi connectivity index (χ1) is 14.4. The second kappa shape index (κ2) is 7.10. The first-order valence-electron chi connectivity index (χ1n) is 9.99. The fourth-order valence-electron chi connectivity index (χ4n) is 4.28. The molecule has 3 heterocycles. The maximum absolute atomic E-state index is 13.3. The van der Waals surface area contributed by atoms with Crippen molar-refractivity contribution in [2.75, 3.05) is 5.32 Å². The van der Waals surface area contributed by atoms with Crippen LogP contribution in [0.1, 0.15) is 24.8 Å². The highest BCUT2D eigenvalue weighted by atomic mass is 32.1. The molecule has 8 nitrogen and oxygen atoms in total. The Morgan fingerprint density at radius 3 is 2.80 bits per heavy atom. The van der Waals surface area contributed by atoms with Gasteiger partial charge in [-0.1, -0.05) is 6.07 Å². The van der Waals surface area contributed by atoms with Gasteiger partial charge in [-0.3, -0.25) is 13.9 Å². The summed E-state index contributed by atoms with van der Waals surface area (Å²) in [6.45, 7) is 0.204. The number of nitrogens with zero attached hydrogens (tertiary/aromatic N) is 4. The largest absolute Gasteiger partial charge is 0.393 e. The minimum absolute atomic E-state index is 0.104. The van der Waals surface area contributed by atoms with Gasteiger partial charge in [0.25, 0.3) is 5.56 Å². The van der Waals surface area contributed by atoms with Gasteiger partial charge in [0.15, 0.2) is 11.2 Å². The standard InChI is InChI=1S/C21H23N5O3S/c1-24-17-18(23-20(24)22-14-4-5-15(27)10-14)25(2)21(29)26(19(17)28)11-12-3-6-16-13(9-12)7-8-30-16/h3,6-9,14-15,27H,4-5,10-11H2,1-2H3,(H,22,23)/t14-,15+/m0/s1. The Balaban J connectivity index is 1.58. The van der Waals surface area contributed by atoms with Gasteiger partial charge in [-0.25, -0.2) is 4.79 Å². The van der Waals surface area contributed by atoms with Crippen LogP contribution in [0.15, 0.2) is 39.2 Å². The Labute approximate surface area is 176 Å². The highest BCUT2D eigenvalue weighted by Gasteiger charge is 2.25. The van der Waals surface area contributed by atoms with Gasteiger partial charge in [0.1, 0.15) is 0 Å². The van der Waals surface area contributed by atoms with Crippen molar-refractivity contribution in [3.63, 3.8) is 0 Å². The van der Waals surface area contributed by atoms with Crippen molar-refractivity contribution in [1.82, 2.24) is 18.7 Å². The highest BCUT2D eigenvalue weighted by molar-refractivity contribution is 7.17. The number of thiophene rings is 1. The summed E-state index contributed by atoms with van der Waals surface area (Å²) in [4.78, 5) is 30.7. The molecule has 2 atom stereocenters. The van der Waals surface area contributed by atoms with Gasteiger partial charge >= 0.3 is 5.69 Å². The lowest BCUT2D eigenvalue weighted by Gasteiger charge is -2.12. The van der Waals surface area contributed by atoms with Crippen molar-refractivity contribution in [3.8, 4) is 0 Å². The van der Waals surface area contributed by atoms with Crippen LogP contribution >= 0.6 is 11.3 Å². The van der Waals surface area contributed by atoms with E-state index >= 15 is 0 Å². The predicted octanol–water partition coefficient (Wildman–Crippen LogP) is 2.02. The maximum atomic E-state index is 13.3. The molecule has 156 valence electrons. The number of aryl methyl sites for hydroxylation is 2. The van der Waals surface area contributed by atoms with E-state index in [2.05, 4.69) is 10.3 Å². The summed E-state index contributed by atoms with van der Waals surface area (Å²) >= 11 is 1.66. The number of benzene rings is 1. The van der Waals surface area contributed by atoms with Crippen molar-refractivity contribution in [3.05, 3.63) is 56.0 Å². The van der Waals surface area contributed by atoms with Crippen molar-refractivity contribution >= 4 is 38.5 Å². The van der Waals surface area contributed by atoms with Gasteiger partial charge in [-0.05, 0) is 53.8 Å². The second-order valence-corrected chi connectivity index (χ2v) is 8.95. The molecular weight excluding hydrogens is 402 g/mol. The summed E-state index contributed by atoms with van der Waals surface area (Å²) in [5.74, 6) is 0.536. The summed E-state index contributed by atoms with van der Waals surface area (Å²) < 4.78 is 5.57. The molecule has 1 aliphatic rings. The first kappa shape index (κ1) is 19.1. The molecule has 0 saturated heterocycles. The van der Waals surface area contributed by atoms with Gasteiger partial charge < -0.3 is 15.0 Å². The zero-order chi connectivity index (χ0) is 21.0. The normalized spacial score (nSPS) is 19.2. The number of aromatic nitrogens is 4. The smallest absolute Gasteiger partial charge is 0.332 e. The number of hydrogen-bond acceptors (Lipinski definition) is 6. The number of imidazole rings is 1. The summed E-state index contributed by atoms with van der Waals surface area (Å²) in [5.41, 5.74) is 0.902. The highest BCUT2D eigenvalue weighted by Crippen LogP contribution is 2.24. The number of rotatable bonds is 4. The van der Waals surface area contributed by atoms with Crippen LogP contribution in [0.4, 0.5) is 5.95 Å². The van der Waals surface area contributed by atoms with Crippen LogP contribution in [0.3, 0.4) is 0 Å². The average molecular weight is 426 g/mol. The van der Waals surface area contributed by atoms with E-state index in [0.29, 0.717) is 23.5 Å². The van der Waals surface area contributed by atoms with Crippen molar-refractivity contribution in [2.24, 2.45) is 14.1 Å². The molecule has 0 unspecified atom stereocenters. The second-order valence-electron chi connectivity index (χ2n) is 8.00. The molecule has 5 rings (SSSR count). The topological polar surface area (TPSA) is 94.1 Å². The van der Waals surface area contributed by atoms with Crippen LogP contribution in [0.2, 0.25) is 0 Å². The molecule has 0 spiro atoms. The lowest BCUT2D eigenvalue weighted by atomic mass is 10.1. The van der Waals surface area contributed by atoms with Crippen molar-refractivity contribution in [1.29, 1.82) is 0 Å². The molecule has 0 amide bonds. The molecule has 1 aliphatic carbocycles. The number of hydrogen-bond donors (Lipinski definition) is 2. The molecule has 0 aliphatic heterocycles. The minimum Gasteiger partial charge on any atom is -0.393 e. The number of aliphatic hydroxyl groups excluding tert-OH is 1. The van der Waals surface area contributed by atoms with E-state index in [-0.39, 0.29) is 29.9 Å². The SMILES string of the molecule is Cn1c(N[C@H]2CC[C@@H](O)C2)nc2c1c(=O)n(Cc1ccc3sccc3c1)c(=O)n2C. The zero-order valence-electron chi connectivity index (χ0n) is 16.8. The molecule has 2 N–H and O–H groups in total. The van der Waals surface area contributed by atoms with Crippen LogP contribution in [-0.2, 0) is 20.6 Å². The summed E-state index contributed by atoms with van der Waals surface area (Å²) in [6.07, 6.45) is 1.94. The maximum Gasteiger partial charge on any atom is 0.332 e. The quantitative estimate of drug-likeness (QED) is 0.522. The van der Waals surface area contributed by atoms with E-state index in [0.717, 1.165) is 23.8 Å². The monoisotopic (exact) mass is 425 g/mol. The Kier molecular flexibility index (Phi) is 4.52. The third-order valence-corrected chi connectivity index (χ3v) is 6.85. The van der Waals surface area contributed by atoms with Crippen LogP contribution in [0.5, 0.6) is 0 Å². The average Bonchev–Trinajstić information content (AvgIpc) is 3.43. The van der Waals surface area contributed by atoms with E-state index in [9.17, 15) is 14.7 Å². The molecule has 0 bridgehead atoms. The third-order valence-electron chi connectivity index (χ3n) is 5.96. The summed E-state index contributed by atoms with van der Waals surface area (Å²) in [6, 6.07) is 8.13. The number of anilines is 1. The van der Waals surface area contributed by atoms with Crippen LogP contribution in [0.25, 0.3) is 21.3 Å². The van der Waals surface area contributed by atoms with E-state index in [4.69, 9.17) is 0 Å². The van der Waals surface area contributed by atoms with E-state index < -0.39 is 0 Å². The molecule has 9 heteroatoms. The fourth-order valence-corrected chi connectivity index (χ4v) is 5.05. The van der Waals surface area contributed by atoms with Crippen molar-refractivity contribution in [2.45, 2.75) is 38.0 Å². The molecule has 1 aromatic carbocycles. The Hall–Kier alpha value is -2.91. The molecule has 1 fully saturated rings. The molecular formula is C21H23N5O3S. The number of fused-ring (bicyclic) bond motifs is 2. The van der Waals surface area contributed by atoms with Gasteiger partial charge in [0.2, 0.25) is 5.95 Å². The van der Waals surface area contributed by atoms with Crippen LogP contribution in [0, 0.1) is 0 Å². The fraction of sp³-hybridized carbons (Fsp3) is 0.381. The number of nitrogens with one attached hydrogen (secondary N) is 1. The Morgan fingerprint density at radius 1 is 1.20 bits per heavy atom.